The summed E-state index contributed by atoms with van der Waals surface area (Å²) in [6.45, 7) is 3.05. The lowest BCUT2D eigenvalue weighted by Gasteiger charge is -2.42. The number of nitriles is 1. The number of carbonyl (C=O) groups excluding carboxylic acids is 2. The van der Waals surface area contributed by atoms with E-state index in [1.54, 1.807) is 6.07 Å². The Morgan fingerprint density at radius 1 is 0.886 bits per heavy atom. The normalized spacial score (nSPS) is 24.9. The van der Waals surface area contributed by atoms with E-state index < -0.39 is 0 Å². The molecule has 35 heavy (non-hydrogen) atoms. The Bertz CT molecular complexity index is 1530. The largest absolute Gasteiger partial charge is 0.338 e. The number of likely N-dealkylation sites (tertiary alicyclic amines) is 2. The molecule has 0 bridgehead atoms. The second kappa shape index (κ2) is 7.40. The third-order valence-electron chi connectivity index (χ3n) is 8.32. The molecular weight excluding hydrogens is 442 g/mol. The zero-order valence-electron chi connectivity index (χ0n) is 19.0. The maximum atomic E-state index is 13.5. The minimum Gasteiger partial charge on any atom is -0.338 e. The summed E-state index contributed by atoms with van der Waals surface area (Å²) in [7, 11) is 0. The van der Waals surface area contributed by atoms with Crippen molar-refractivity contribution >= 4 is 33.8 Å². The number of benzene rings is 2. The quantitative estimate of drug-likeness (QED) is 0.500. The van der Waals surface area contributed by atoms with Gasteiger partial charge in [0, 0.05) is 42.6 Å². The third-order valence-corrected chi connectivity index (χ3v) is 8.32. The maximum absolute atomic E-state index is 13.5. The van der Waals surface area contributed by atoms with Crippen LogP contribution in [-0.4, -0.2) is 67.8 Å². The van der Waals surface area contributed by atoms with Gasteiger partial charge in [-0.25, -0.2) is 0 Å². The highest BCUT2D eigenvalue weighted by atomic mass is 16.2. The van der Waals surface area contributed by atoms with E-state index in [2.05, 4.69) is 21.5 Å². The smallest absolute Gasteiger partial charge is 0.270 e. The van der Waals surface area contributed by atoms with Crippen LogP contribution in [0.3, 0.4) is 0 Å². The lowest BCUT2D eigenvalue weighted by Crippen LogP contribution is -2.44. The highest BCUT2D eigenvalue weighted by Gasteiger charge is 2.59. The molecule has 1 aliphatic carbocycles. The van der Waals surface area contributed by atoms with Crippen LogP contribution in [0.15, 0.2) is 48.5 Å². The second-order valence-corrected chi connectivity index (χ2v) is 9.94. The Balaban J connectivity index is 1.07. The van der Waals surface area contributed by atoms with Gasteiger partial charge in [-0.05, 0) is 54.0 Å². The second-order valence-electron chi connectivity index (χ2n) is 9.94. The number of carbonyl (C=O) groups is 2. The zero-order chi connectivity index (χ0) is 23.7. The van der Waals surface area contributed by atoms with Crippen molar-refractivity contribution in [1.82, 2.24) is 29.8 Å². The molecule has 0 radical (unpaired) electrons. The molecule has 2 saturated heterocycles. The lowest BCUT2D eigenvalue weighted by molar-refractivity contribution is 0.0629. The van der Waals surface area contributed by atoms with Crippen LogP contribution in [0.4, 0.5) is 0 Å². The first-order chi connectivity index (χ1) is 17.1. The van der Waals surface area contributed by atoms with E-state index in [4.69, 9.17) is 0 Å². The Morgan fingerprint density at radius 2 is 1.54 bits per heavy atom. The average molecular weight is 466 g/mol. The van der Waals surface area contributed by atoms with Gasteiger partial charge in [-0.2, -0.15) is 20.7 Å². The van der Waals surface area contributed by atoms with Crippen LogP contribution in [0.1, 0.15) is 20.8 Å². The fraction of sp³-hybridized carbons (Fsp3) is 0.346. The van der Waals surface area contributed by atoms with Crippen LogP contribution in [0.2, 0.25) is 0 Å². The van der Waals surface area contributed by atoms with Crippen molar-refractivity contribution < 1.29 is 9.59 Å². The minimum absolute atomic E-state index is 0.00206. The fourth-order valence-corrected chi connectivity index (χ4v) is 6.65. The number of nitrogens with one attached hydrogen (secondary N) is 1. The predicted molar refractivity (Wildman–Crippen MR) is 127 cm³/mol. The summed E-state index contributed by atoms with van der Waals surface area (Å²) >= 11 is 0. The van der Waals surface area contributed by atoms with Crippen molar-refractivity contribution in [3.05, 3.63) is 59.8 Å². The van der Waals surface area contributed by atoms with Crippen molar-refractivity contribution in [3.8, 4) is 6.07 Å². The van der Waals surface area contributed by atoms with Gasteiger partial charge >= 0.3 is 0 Å². The molecule has 7 rings (SSSR count). The molecule has 0 spiro atoms. The Labute approximate surface area is 200 Å². The van der Waals surface area contributed by atoms with Crippen LogP contribution in [0.5, 0.6) is 0 Å². The maximum Gasteiger partial charge on any atom is 0.270 e. The number of nitrogens with zero attached hydrogens (tertiary/aromatic N) is 6. The monoisotopic (exact) mass is 465 g/mol. The molecule has 2 aromatic heterocycles. The number of aromatic amines is 1. The molecule has 3 aliphatic rings. The third kappa shape index (κ3) is 2.92. The minimum atomic E-state index is -0.00206. The molecule has 9 nitrogen and oxygen atoms in total. The summed E-state index contributed by atoms with van der Waals surface area (Å²) in [5.41, 5.74) is 3.57. The number of hydrogen-bond donors (Lipinski definition) is 1. The van der Waals surface area contributed by atoms with Crippen LogP contribution in [-0.2, 0) is 6.54 Å². The van der Waals surface area contributed by atoms with E-state index in [1.165, 1.54) is 0 Å². The van der Waals surface area contributed by atoms with Crippen molar-refractivity contribution in [2.24, 2.45) is 23.7 Å². The fourth-order valence-electron chi connectivity index (χ4n) is 6.65. The summed E-state index contributed by atoms with van der Waals surface area (Å²) in [6.07, 6.45) is 0. The average Bonchev–Trinajstić information content (AvgIpc) is 3.64. The molecule has 3 fully saturated rings. The van der Waals surface area contributed by atoms with Gasteiger partial charge < -0.3 is 14.4 Å². The van der Waals surface area contributed by atoms with Gasteiger partial charge in [-0.1, -0.05) is 18.2 Å². The molecule has 4 heterocycles. The zero-order valence-corrected chi connectivity index (χ0v) is 19.0. The number of rotatable bonds is 3. The van der Waals surface area contributed by atoms with Gasteiger partial charge in [0.05, 0.1) is 6.07 Å². The molecule has 2 aromatic carbocycles. The van der Waals surface area contributed by atoms with Crippen molar-refractivity contribution in [2.75, 3.05) is 26.2 Å². The van der Waals surface area contributed by atoms with Gasteiger partial charge in [0.25, 0.3) is 11.8 Å². The standard InChI is InChI=1S/C26H23N7O2/c27-7-8-33-23-4-2-1-3-15(23)10-24(33)26(35)32-13-19-17-11-31(12-18(17)20(19)14-32)25(34)16-5-6-21-22(9-16)29-30-28-21/h1-6,9-10,17-20H,8,11-14H2,(H,28,29,30)/t17-,18+,19+,20-. The van der Waals surface area contributed by atoms with Crippen molar-refractivity contribution in [1.29, 1.82) is 5.26 Å². The predicted octanol–water partition coefficient (Wildman–Crippen LogP) is 2.53. The first-order valence-electron chi connectivity index (χ1n) is 12.0. The molecule has 4 atom stereocenters. The number of aromatic nitrogens is 4. The first kappa shape index (κ1) is 20.2. The number of amides is 2. The number of fused-ring (bicyclic) bond motifs is 6. The SMILES string of the molecule is N#CCn1c(C(=O)N2C[C@@H]3[C@H]4CN(C(=O)c5ccc6n[nH]nc6c5)C[C@H]4[C@@H]3C2)cc2ccccc21. The number of hydrogen-bond acceptors (Lipinski definition) is 5. The molecular formula is C26H23N7O2. The van der Waals surface area contributed by atoms with E-state index >= 15 is 0 Å². The van der Waals surface area contributed by atoms with Gasteiger partial charge in [0.1, 0.15) is 23.3 Å². The molecule has 2 amide bonds. The summed E-state index contributed by atoms with van der Waals surface area (Å²) in [6, 6.07) is 17.3. The van der Waals surface area contributed by atoms with Gasteiger partial charge in [0.15, 0.2) is 0 Å². The topological polar surface area (TPSA) is 111 Å². The molecule has 174 valence electrons. The number of para-hydroxylation sites is 1. The Hall–Kier alpha value is -4.19. The van der Waals surface area contributed by atoms with Crippen molar-refractivity contribution in [3.63, 3.8) is 0 Å². The van der Waals surface area contributed by atoms with Crippen molar-refractivity contribution in [2.45, 2.75) is 6.54 Å². The first-order valence-corrected chi connectivity index (χ1v) is 12.0. The Kier molecular flexibility index (Phi) is 4.27. The van der Waals surface area contributed by atoms with E-state index in [0.717, 1.165) is 29.5 Å². The molecule has 2 aliphatic heterocycles. The highest BCUT2D eigenvalue weighted by Crippen LogP contribution is 2.54. The summed E-state index contributed by atoms with van der Waals surface area (Å²) < 4.78 is 1.82. The van der Waals surface area contributed by atoms with Gasteiger partial charge in [-0.3, -0.25) is 9.59 Å². The van der Waals surface area contributed by atoms with Crippen LogP contribution in [0, 0.1) is 35.0 Å². The lowest BCUT2D eigenvalue weighted by atomic mass is 9.60. The molecule has 1 saturated carbocycles. The van der Waals surface area contributed by atoms with E-state index in [1.807, 2.05) is 56.8 Å². The molecule has 1 N–H and O–H groups in total. The van der Waals surface area contributed by atoms with E-state index in [9.17, 15) is 14.9 Å². The van der Waals surface area contributed by atoms with E-state index in [-0.39, 0.29) is 18.4 Å². The van der Waals surface area contributed by atoms with E-state index in [0.29, 0.717) is 53.5 Å². The van der Waals surface area contributed by atoms with Crippen LogP contribution in [0.25, 0.3) is 21.9 Å². The van der Waals surface area contributed by atoms with Gasteiger partial charge in [-0.15, -0.1) is 0 Å². The van der Waals surface area contributed by atoms with Crippen LogP contribution >= 0.6 is 0 Å². The highest BCUT2D eigenvalue weighted by molar-refractivity contribution is 5.99. The summed E-state index contributed by atoms with van der Waals surface area (Å²) in [5, 5.41) is 21.0. The molecule has 9 heteroatoms. The van der Waals surface area contributed by atoms with Gasteiger partial charge in [0.2, 0.25) is 0 Å². The van der Waals surface area contributed by atoms with Crippen LogP contribution < -0.4 is 0 Å². The summed E-state index contributed by atoms with van der Waals surface area (Å²) in [5.74, 6) is 1.75. The summed E-state index contributed by atoms with van der Waals surface area (Å²) in [4.78, 5) is 30.6. The molecule has 4 aromatic rings. The molecule has 0 unspecified atom stereocenters. The Morgan fingerprint density at radius 3 is 2.26 bits per heavy atom. The number of H-pyrrole nitrogens is 1.